The lowest BCUT2D eigenvalue weighted by Gasteiger charge is -2.51. The minimum absolute atomic E-state index is 0.00937. The summed E-state index contributed by atoms with van der Waals surface area (Å²) in [6.07, 6.45) is 3.07. The third kappa shape index (κ3) is 7.48. The molecule has 21 heteroatoms. The van der Waals surface area contributed by atoms with Crippen LogP contribution in [0.5, 0.6) is 11.5 Å². The fraction of sp³-hybridized carbons (Fsp3) is 0.429. The van der Waals surface area contributed by atoms with Crippen LogP contribution >= 0.6 is 23.1 Å². The summed E-state index contributed by atoms with van der Waals surface area (Å²) in [5, 5.41) is 49.3. The number of aromatic nitrogens is 2. The first-order chi connectivity index (χ1) is 26.3. The number of β-lactam (4-membered cyclic amide) rings is 1. The largest absolute Gasteiger partial charge is 0.504 e. The number of benzene rings is 1. The number of nitrogens with one attached hydrogen (secondary N) is 2. The molecule has 0 radical (unpaired) electrons. The van der Waals surface area contributed by atoms with Crippen molar-refractivity contribution in [2.45, 2.75) is 55.9 Å². The molecule has 19 nitrogen and oxygen atoms in total. The maximum Gasteiger partial charge on any atom is 0.352 e. The highest BCUT2D eigenvalue weighted by atomic mass is 32.2. The van der Waals surface area contributed by atoms with Gasteiger partial charge in [-0.15, -0.1) is 23.1 Å². The maximum atomic E-state index is 13.6. The van der Waals surface area contributed by atoms with Gasteiger partial charge >= 0.3 is 11.9 Å². The van der Waals surface area contributed by atoms with E-state index in [1.165, 1.54) is 47.8 Å². The van der Waals surface area contributed by atoms with Crippen LogP contribution in [0.15, 0.2) is 44.9 Å². The van der Waals surface area contributed by atoms with Crippen LogP contribution in [0.4, 0.5) is 5.13 Å². The van der Waals surface area contributed by atoms with Gasteiger partial charge in [-0.2, -0.15) is 0 Å². The Morgan fingerprint density at radius 1 is 1.12 bits per heavy atom. The second kappa shape index (κ2) is 15.1. The molecule has 3 aromatic rings. The zero-order valence-corrected chi connectivity index (χ0v) is 32.4. The van der Waals surface area contributed by atoms with Crippen molar-refractivity contribution in [2.75, 3.05) is 38.5 Å². The van der Waals surface area contributed by atoms with E-state index in [0.717, 1.165) is 35.1 Å². The zero-order chi connectivity index (χ0) is 40.9. The number of thiazole rings is 1. The summed E-state index contributed by atoms with van der Waals surface area (Å²) in [7, 11) is 1.60. The Labute approximate surface area is 327 Å². The summed E-state index contributed by atoms with van der Waals surface area (Å²) in [5.41, 5.74) is 3.42. The molecule has 56 heavy (non-hydrogen) atoms. The van der Waals surface area contributed by atoms with E-state index in [0.29, 0.717) is 35.2 Å². The topological polar surface area (TPSA) is 276 Å². The SMILES string of the molecule is C[C@@H]1S[C@@H]2[C@H](NC(=O)/C(=N\OC(C)(C)C(=O)O)c3csc(N)n3)C(=O)N2C(C(=O)O)=C1C[N+]1(CCNC(=O)c2cn(C)c3cc(O)c(O)cc3c2=O)CCCC1. The lowest BCUT2D eigenvalue weighted by molar-refractivity contribution is -0.911. The quantitative estimate of drug-likeness (QED) is 0.0413. The number of phenolic OH excluding ortho intramolecular Hbond substituents is 2. The zero-order valence-electron chi connectivity index (χ0n) is 30.8. The first-order valence-electron chi connectivity index (χ1n) is 17.5. The van der Waals surface area contributed by atoms with Crippen LogP contribution < -0.4 is 21.8 Å². The molecule has 6 rings (SSSR count). The van der Waals surface area contributed by atoms with E-state index < -0.39 is 74.6 Å². The molecule has 0 aliphatic carbocycles. The molecule has 1 aromatic carbocycles. The number of rotatable bonds is 13. The number of nitrogen functional groups attached to an aromatic ring is 1. The van der Waals surface area contributed by atoms with E-state index in [2.05, 4.69) is 20.8 Å². The number of aryl methyl sites for hydroxylation is 1. The molecule has 3 aliphatic heterocycles. The molecule has 0 saturated carbocycles. The van der Waals surface area contributed by atoms with Gasteiger partial charge in [0.05, 0.1) is 37.1 Å². The van der Waals surface area contributed by atoms with Crippen molar-refractivity contribution in [3.8, 4) is 11.5 Å². The van der Waals surface area contributed by atoms with Gasteiger partial charge in [0.15, 0.2) is 22.3 Å². The average Bonchev–Trinajstić information content (AvgIpc) is 3.79. The Balaban J connectivity index is 1.18. The number of carbonyl (C=O) groups is 5. The van der Waals surface area contributed by atoms with Crippen molar-refractivity contribution in [1.82, 2.24) is 25.1 Å². The Morgan fingerprint density at radius 2 is 1.80 bits per heavy atom. The van der Waals surface area contributed by atoms with Gasteiger partial charge in [0.25, 0.3) is 17.7 Å². The number of hydrogen-bond acceptors (Lipinski definition) is 14. The number of quaternary nitrogens is 1. The number of oxime groups is 1. The Kier molecular flexibility index (Phi) is 10.8. The second-order valence-electron chi connectivity index (χ2n) is 14.4. The Hall–Kier alpha value is -5.67. The van der Waals surface area contributed by atoms with Crippen LogP contribution in [-0.2, 0) is 31.1 Å². The predicted molar refractivity (Wildman–Crippen MR) is 204 cm³/mol. The van der Waals surface area contributed by atoms with Gasteiger partial charge in [0.2, 0.25) is 11.0 Å². The summed E-state index contributed by atoms with van der Waals surface area (Å²) in [6, 6.07) is 1.20. The number of aromatic hydroxyl groups is 2. The normalized spacial score (nSPS) is 20.7. The van der Waals surface area contributed by atoms with Crippen molar-refractivity contribution in [2.24, 2.45) is 12.2 Å². The smallest absolute Gasteiger partial charge is 0.352 e. The first-order valence-corrected chi connectivity index (χ1v) is 19.3. The summed E-state index contributed by atoms with van der Waals surface area (Å²) >= 11 is 2.31. The molecular formula is C35H41N8O11S2+. The van der Waals surface area contributed by atoms with E-state index in [1.807, 2.05) is 6.92 Å². The molecule has 0 unspecified atom stereocenters. The van der Waals surface area contributed by atoms with E-state index >= 15 is 0 Å². The monoisotopic (exact) mass is 813 g/mol. The third-order valence-corrected chi connectivity index (χ3v) is 12.3. The van der Waals surface area contributed by atoms with Gasteiger partial charge in [-0.1, -0.05) is 5.16 Å². The van der Waals surface area contributed by atoms with Crippen molar-refractivity contribution in [1.29, 1.82) is 0 Å². The Morgan fingerprint density at radius 3 is 2.43 bits per heavy atom. The number of carboxylic acids is 2. The van der Waals surface area contributed by atoms with Gasteiger partial charge in [-0.3, -0.25) is 24.1 Å². The molecule has 298 valence electrons. The van der Waals surface area contributed by atoms with E-state index in [1.54, 1.807) is 7.05 Å². The van der Waals surface area contributed by atoms with Gasteiger partial charge in [0.1, 0.15) is 34.9 Å². The van der Waals surface area contributed by atoms with Crippen LogP contribution in [0.25, 0.3) is 10.9 Å². The molecule has 2 saturated heterocycles. The minimum Gasteiger partial charge on any atom is -0.504 e. The minimum atomic E-state index is -1.81. The van der Waals surface area contributed by atoms with Gasteiger partial charge in [-0.05, 0) is 26.8 Å². The van der Waals surface area contributed by atoms with Crippen LogP contribution in [0.2, 0.25) is 0 Å². The maximum absolute atomic E-state index is 13.6. The number of aliphatic carboxylic acids is 2. The second-order valence-corrected chi connectivity index (χ2v) is 16.8. The molecule has 5 heterocycles. The molecule has 3 atom stereocenters. The number of likely N-dealkylation sites (tertiary alicyclic amines) is 1. The summed E-state index contributed by atoms with van der Waals surface area (Å²) in [5.74, 6) is -5.75. The fourth-order valence-electron chi connectivity index (χ4n) is 7.06. The number of thioether (sulfide) groups is 1. The van der Waals surface area contributed by atoms with Crippen LogP contribution in [0.1, 0.15) is 49.7 Å². The number of fused-ring (bicyclic) bond motifs is 2. The highest BCUT2D eigenvalue weighted by Crippen LogP contribution is 2.45. The van der Waals surface area contributed by atoms with Gasteiger partial charge in [-0.25, -0.2) is 14.6 Å². The summed E-state index contributed by atoms with van der Waals surface area (Å²) < 4.78 is 1.93. The molecule has 2 aromatic heterocycles. The van der Waals surface area contributed by atoms with Crippen molar-refractivity contribution in [3.63, 3.8) is 0 Å². The summed E-state index contributed by atoms with van der Waals surface area (Å²) in [6.45, 7) is 6.50. The molecule has 2 fully saturated rings. The number of nitrogens with two attached hydrogens (primary N) is 1. The fourth-order valence-corrected chi connectivity index (χ4v) is 9.05. The highest BCUT2D eigenvalue weighted by Gasteiger charge is 2.57. The molecule has 3 amide bonds. The Bertz CT molecular complexity index is 2280. The number of carboxylic acid groups (broad SMARTS) is 2. The molecule has 8 N–H and O–H groups in total. The molecule has 3 aliphatic rings. The number of hydrogen-bond donors (Lipinski definition) is 7. The standard InChI is InChI=1S/C35H40N8O11S2/c1-16-19(14-43(8-5-6-9-43)10-7-37-28(47)18-13-41(4)21-12-23(45)22(44)11-17(21)27(18)46)26(32(50)51)42-30(49)25(31(42)56-16)39-29(48)24(20-15-55-34(36)38-20)40-54-35(2,3)33(52)53/h11-13,15-16,25,31H,5-10,14H2,1-4H3,(H7-,36,37,38,39,40,44,45,46,47,48,50,51,52,53)/p+1/t16-,25+,31+/m0/s1. The van der Waals surface area contributed by atoms with Gasteiger partial charge < -0.3 is 50.7 Å². The number of amides is 3. The third-order valence-electron chi connectivity index (χ3n) is 10.2. The van der Waals surface area contributed by atoms with E-state index in [4.69, 9.17) is 10.6 Å². The molecule has 0 bridgehead atoms. The molecule has 0 spiro atoms. The van der Waals surface area contributed by atoms with Crippen molar-refractivity contribution < 1.29 is 53.7 Å². The number of anilines is 1. The van der Waals surface area contributed by atoms with Crippen LogP contribution in [0, 0.1) is 0 Å². The highest BCUT2D eigenvalue weighted by molar-refractivity contribution is 8.00. The van der Waals surface area contributed by atoms with Crippen molar-refractivity contribution >= 4 is 74.5 Å². The number of pyridine rings is 1. The first kappa shape index (κ1) is 40.0. The summed E-state index contributed by atoms with van der Waals surface area (Å²) in [4.78, 5) is 88.5. The molecular weight excluding hydrogens is 773 g/mol. The number of carbonyl (C=O) groups excluding carboxylic acids is 3. The number of nitrogens with zero attached hydrogens (tertiary/aromatic N) is 5. The lowest BCUT2D eigenvalue weighted by atomic mass is 9.99. The van der Waals surface area contributed by atoms with Crippen molar-refractivity contribution in [3.05, 3.63) is 56.5 Å². The van der Waals surface area contributed by atoms with E-state index in [9.17, 15) is 49.2 Å². The van der Waals surface area contributed by atoms with Crippen LogP contribution in [0.3, 0.4) is 0 Å². The van der Waals surface area contributed by atoms with Gasteiger partial charge in [0, 0.05) is 48.4 Å². The number of phenols is 2. The average molecular weight is 814 g/mol. The van der Waals surface area contributed by atoms with E-state index in [-0.39, 0.29) is 40.6 Å². The lowest BCUT2D eigenvalue weighted by Crippen LogP contribution is -2.71. The van der Waals surface area contributed by atoms with Crippen LogP contribution in [-0.4, -0.2) is 130 Å². The predicted octanol–water partition coefficient (Wildman–Crippen LogP) is 0.740.